The Morgan fingerprint density at radius 2 is 1.50 bits per heavy atom. The van der Waals surface area contributed by atoms with Crippen LogP contribution >= 0.6 is 11.6 Å². The van der Waals surface area contributed by atoms with E-state index >= 15 is 0 Å². The van der Waals surface area contributed by atoms with Crippen molar-refractivity contribution in [2.75, 3.05) is 23.7 Å². The van der Waals surface area contributed by atoms with E-state index in [9.17, 15) is 18.0 Å². The lowest BCUT2D eigenvalue weighted by atomic mass is 10.0. The number of benzene rings is 3. The van der Waals surface area contributed by atoms with Gasteiger partial charge in [0.1, 0.15) is 12.6 Å². The minimum Gasteiger partial charge on any atom is -0.354 e. The van der Waals surface area contributed by atoms with Crippen molar-refractivity contribution in [1.29, 1.82) is 0 Å². The Hall–Kier alpha value is -3.36. The van der Waals surface area contributed by atoms with Crippen molar-refractivity contribution in [2.24, 2.45) is 5.92 Å². The fourth-order valence-electron chi connectivity index (χ4n) is 4.02. The van der Waals surface area contributed by atoms with Gasteiger partial charge in [-0.1, -0.05) is 86.1 Å². The van der Waals surface area contributed by atoms with E-state index in [0.29, 0.717) is 17.3 Å². The standard InChI is InChI=1S/C29H34ClN3O4S/c1-22(2)19-31-29(35)27(18-23-11-6-4-7-12-23)32(20-24-13-10-14-25(30)17-24)28(34)21-33(38(3,36)37)26-15-8-5-9-16-26/h4-17,22,27H,18-21H2,1-3H3,(H,31,35)/t27-/m1/s1. The van der Waals surface area contributed by atoms with E-state index in [1.165, 1.54) is 4.90 Å². The molecule has 0 aliphatic carbocycles. The zero-order valence-corrected chi connectivity index (χ0v) is 23.5. The second kappa shape index (κ2) is 13.4. The van der Waals surface area contributed by atoms with Gasteiger partial charge < -0.3 is 10.2 Å². The Kier molecular flexibility index (Phi) is 10.3. The number of carbonyl (C=O) groups is 2. The van der Waals surface area contributed by atoms with Crippen molar-refractivity contribution < 1.29 is 18.0 Å². The van der Waals surface area contributed by atoms with E-state index < -0.39 is 28.5 Å². The van der Waals surface area contributed by atoms with Gasteiger partial charge >= 0.3 is 0 Å². The maximum Gasteiger partial charge on any atom is 0.244 e. The van der Waals surface area contributed by atoms with E-state index in [1.54, 1.807) is 48.5 Å². The summed E-state index contributed by atoms with van der Waals surface area (Å²) in [7, 11) is -3.79. The first-order chi connectivity index (χ1) is 18.0. The van der Waals surface area contributed by atoms with Gasteiger partial charge in [-0.25, -0.2) is 8.42 Å². The normalized spacial score (nSPS) is 12.1. The quantitative estimate of drug-likeness (QED) is 0.356. The third kappa shape index (κ3) is 8.60. The maximum absolute atomic E-state index is 13.9. The summed E-state index contributed by atoms with van der Waals surface area (Å²) in [5, 5.41) is 3.46. The van der Waals surface area contributed by atoms with Gasteiger partial charge in [0, 0.05) is 24.5 Å². The highest BCUT2D eigenvalue weighted by atomic mass is 35.5. The Balaban J connectivity index is 2.03. The molecular weight excluding hydrogens is 522 g/mol. The Bertz CT molecular complexity index is 1320. The Morgan fingerprint density at radius 1 is 0.895 bits per heavy atom. The third-order valence-electron chi connectivity index (χ3n) is 5.92. The summed E-state index contributed by atoms with van der Waals surface area (Å²) in [4.78, 5) is 28.9. The minimum atomic E-state index is -3.79. The highest BCUT2D eigenvalue weighted by Gasteiger charge is 2.33. The van der Waals surface area contributed by atoms with Crippen LogP contribution in [0.3, 0.4) is 0 Å². The number of hydrogen-bond acceptors (Lipinski definition) is 4. The molecule has 3 rings (SSSR count). The molecule has 2 amide bonds. The summed E-state index contributed by atoms with van der Waals surface area (Å²) in [6.07, 6.45) is 1.33. The molecule has 0 saturated heterocycles. The van der Waals surface area contributed by atoms with Gasteiger partial charge in [-0.2, -0.15) is 0 Å². The van der Waals surface area contributed by atoms with Crippen LogP contribution in [0.1, 0.15) is 25.0 Å². The first-order valence-electron chi connectivity index (χ1n) is 12.4. The number of sulfonamides is 1. The molecule has 38 heavy (non-hydrogen) atoms. The molecule has 1 atom stereocenters. The van der Waals surface area contributed by atoms with Crippen LogP contribution in [-0.4, -0.2) is 50.5 Å². The lowest BCUT2D eigenvalue weighted by Crippen LogP contribution is -2.53. The van der Waals surface area contributed by atoms with Gasteiger partial charge in [-0.15, -0.1) is 0 Å². The van der Waals surface area contributed by atoms with Crippen LogP contribution in [0.5, 0.6) is 0 Å². The molecule has 0 fully saturated rings. The third-order valence-corrected chi connectivity index (χ3v) is 7.30. The Labute approximate surface area is 230 Å². The summed E-state index contributed by atoms with van der Waals surface area (Å²) in [6, 6.07) is 24.1. The number of hydrogen-bond donors (Lipinski definition) is 1. The molecule has 0 bridgehead atoms. The maximum atomic E-state index is 13.9. The van der Waals surface area contributed by atoms with Crippen LogP contribution in [-0.2, 0) is 32.6 Å². The zero-order chi connectivity index (χ0) is 27.7. The number of amides is 2. The fourth-order valence-corrected chi connectivity index (χ4v) is 5.08. The SMILES string of the molecule is CC(C)CNC(=O)[C@@H](Cc1ccccc1)N(Cc1cccc(Cl)c1)C(=O)CN(c1ccccc1)S(C)(=O)=O. The molecule has 0 aliphatic rings. The van der Waals surface area contributed by atoms with Crippen molar-refractivity contribution in [1.82, 2.24) is 10.2 Å². The topological polar surface area (TPSA) is 86.8 Å². The predicted molar refractivity (Wildman–Crippen MR) is 152 cm³/mol. The lowest BCUT2D eigenvalue weighted by molar-refractivity contribution is -0.140. The van der Waals surface area contributed by atoms with E-state index in [4.69, 9.17) is 11.6 Å². The molecule has 0 heterocycles. The molecule has 0 radical (unpaired) electrons. The molecule has 9 heteroatoms. The zero-order valence-electron chi connectivity index (χ0n) is 21.9. The van der Waals surface area contributed by atoms with Crippen molar-refractivity contribution in [3.63, 3.8) is 0 Å². The van der Waals surface area contributed by atoms with E-state index in [1.807, 2.05) is 50.2 Å². The molecule has 0 unspecified atom stereocenters. The van der Waals surface area contributed by atoms with Gasteiger partial charge in [0.15, 0.2) is 0 Å². The largest absolute Gasteiger partial charge is 0.354 e. The second-order valence-electron chi connectivity index (χ2n) is 9.60. The summed E-state index contributed by atoms with van der Waals surface area (Å²) in [5.74, 6) is -0.587. The predicted octanol–water partition coefficient (Wildman–Crippen LogP) is 4.52. The highest BCUT2D eigenvalue weighted by Crippen LogP contribution is 2.21. The molecule has 0 aliphatic heterocycles. The first-order valence-corrected chi connectivity index (χ1v) is 14.7. The van der Waals surface area contributed by atoms with Crippen molar-refractivity contribution >= 4 is 39.1 Å². The highest BCUT2D eigenvalue weighted by molar-refractivity contribution is 7.92. The van der Waals surface area contributed by atoms with Crippen LogP contribution in [0.15, 0.2) is 84.9 Å². The second-order valence-corrected chi connectivity index (χ2v) is 11.9. The molecule has 0 saturated carbocycles. The summed E-state index contributed by atoms with van der Waals surface area (Å²) < 4.78 is 26.5. The van der Waals surface area contributed by atoms with Crippen molar-refractivity contribution in [3.8, 4) is 0 Å². The van der Waals surface area contributed by atoms with Crippen LogP contribution in [0.25, 0.3) is 0 Å². The van der Waals surface area contributed by atoms with Crippen LogP contribution in [0, 0.1) is 5.92 Å². The number of nitrogens with one attached hydrogen (secondary N) is 1. The van der Waals surface area contributed by atoms with Gasteiger partial charge in [0.25, 0.3) is 0 Å². The molecule has 7 nitrogen and oxygen atoms in total. The summed E-state index contributed by atoms with van der Waals surface area (Å²) in [6.45, 7) is 4.06. The first kappa shape index (κ1) is 29.2. The Morgan fingerprint density at radius 3 is 2.08 bits per heavy atom. The molecule has 1 N–H and O–H groups in total. The number of carbonyl (C=O) groups excluding carboxylic acids is 2. The average molecular weight is 556 g/mol. The van der Waals surface area contributed by atoms with E-state index in [2.05, 4.69) is 5.32 Å². The average Bonchev–Trinajstić information content (AvgIpc) is 2.88. The van der Waals surface area contributed by atoms with Gasteiger partial charge in [0.2, 0.25) is 21.8 Å². The minimum absolute atomic E-state index is 0.0817. The number of halogens is 1. The van der Waals surface area contributed by atoms with E-state index in [-0.39, 0.29) is 24.8 Å². The fraction of sp³-hybridized carbons (Fsp3) is 0.310. The van der Waals surface area contributed by atoms with Crippen molar-refractivity contribution in [3.05, 3.63) is 101 Å². The van der Waals surface area contributed by atoms with E-state index in [0.717, 1.165) is 21.7 Å². The number of para-hydroxylation sites is 1. The monoisotopic (exact) mass is 555 g/mol. The molecule has 3 aromatic rings. The number of rotatable bonds is 12. The molecule has 0 spiro atoms. The van der Waals surface area contributed by atoms with Gasteiger partial charge in [0.05, 0.1) is 11.9 Å². The molecule has 202 valence electrons. The van der Waals surface area contributed by atoms with Crippen LogP contribution in [0.2, 0.25) is 5.02 Å². The lowest BCUT2D eigenvalue weighted by Gasteiger charge is -2.33. The van der Waals surface area contributed by atoms with Gasteiger partial charge in [-0.3, -0.25) is 13.9 Å². The summed E-state index contributed by atoms with van der Waals surface area (Å²) >= 11 is 6.22. The number of nitrogens with zero attached hydrogens (tertiary/aromatic N) is 2. The summed E-state index contributed by atoms with van der Waals surface area (Å²) in [5.41, 5.74) is 1.98. The van der Waals surface area contributed by atoms with Crippen LogP contribution < -0.4 is 9.62 Å². The number of anilines is 1. The molecule has 0 aromatic heterocycles. The van der Waals surface area contributed by atoms with Crippen LogP contribution in [0.4, 0.5) is 5.69 Å². The molecule has 3 aromatic carbocycles. The smallest absolute Gasteiger partial charge is 0.244 e. The van der Waals surface area contributed by atoms with Crippen molar-refractivity contribution in [2.45, 2.75) is 32.9 Å². The van der Waals surface area contributed by atoms with Gasteiger partial charge in [-0.05, 0) is 41.3 Å². The molecular formula is C29H34ClN3O4S.